The summed E-state index contributed by atoms with van der Waals surface area (Å²) < 4.78 is 16.2. The van der Waals surface area contributed by atoms with Gasteiger partial charge < -0.3 is 18.9 Å². The first kappa shape index (κ1) is 20.7. The summed E-state index contributed by atoms with van der Waals surface area (Å²) in [4.78, 5) is 18.5. The zero-order valence-corrected chi connectivity index (χ0v) is 17.4. The molecule has 0 fully saturated rings. The summed E-state index contributed by atoms with van der Waals surface area (Å²) in [6.45, 7) is 3.74. The van der Waals surface area contributed by atoms with E-state index in [0.29, 0.717) is 28.2 Å². The monoisotopic (exact) mass is 415 g/mol. The van der Waals surface area contributed by atoms with Gasteiger partial charge in [0.25, 0.3) is 5.91 Å². The van der Waals surface area contributed by atoms with Gasteiger partial charge in [-0.3, -0.25) is 4.79 Å². The van der Waals surface area contributed by atoms with E-state index in [1.165, 1.54) is 4.90 Å². The topological polar surface area (TPSA) is 77.7 Å². The Morgan fingerprint density at radius 1 is 1.24 bits per heavy atom. The molecule has 1 aromatic heterocycles. The maximum atomic E-state index is 12.6. The summed E-state index contributed by atoms with van der Waals surface area (Å²) >= 11 is 6.02. The van der Waals surface area contributed by atoms with E-state index in [2.05, 4.69) is 10.1 Å². The third kappa shape index (κ3) is 5.06. The zero-order chi connectivity index (χ0) is 21.0. The molecule has 1 atom stereocenters. The molecular formula is C21H22ClN3O4. The lowest BCUT2D eigenvalue weighted by molar-refractivity contribution is -0.137. The van der Waals surface area contributed by atoms with Crippen LogP contribution in [0.25, 0.3) is 11.4 Å². The van der Waals surface area contributed by atoms with Gasteiger partial charge in [0.1, 0.15) is 11.5 Å². The van der Waals surface area contributed by atoms with Crippen molar-refractivity contribution in [1.82, 2.24) is 15.0 Å². The Bertz CT molecular complexity index is 1010. The standard InChI is InChI=1S/C21H22ClN3O4/c1-13-10-17(8-9-18(13)22)28-14(2)21(26)25(3)12-19-23-20(24-29-19)15-6-5-7-16(11-15)27-4/h5-11,14H,12H2,1-4H3/t14-/m1/s1. The molecule has 0 saturated heterocycles. The molecule has 3 aromatic rings. The average molecular weight is 416 g/mol. The molecule has 0 N–H and O–H groups in total. The Morgan fingerprint density at radius 3 is 2.76 bits per heavy atom. The van der Waals surface area contributed by atoms with Gasteiger partial charge in [-0.2, -0.15) is 4.98 Å². The van der Waals surface area contributed by atoms with Crippen molar-refractivity contribution in [3.8, 4) is 22.9 Å². The van der Waals surface area contributed by atoms with E-state index in [9.17, 15) is 4.79 Å². The summed E-state index contributed by atoms with van der Waals surface area (Å²) in [6, 6.07) is 12.6. The first-order valence-corrected chi connectivity index (χ1v) is 9.40. The molecule has 2 aromatic carbocycles. The fourth-order valence-corrected chi connectivity index (χ4v) is 2.85. The number of nitrogens with zero attached hydrogens (tertiary/aromatic N) is 3. The number of aryl methyl sites for hydroxylation is 1. The van der Waals surface area contributed by atoms with E-state index in [1.807, 2.05) is 31.2 Å². The van der Waals surface area contributed by atoms with Crippen LogP contribution < -0.4 is 9.47 Å². The Kier molecular flexibility index (Phi) is 6.39. The molecule has 3 rings (SSSR count). The lowest BCUT2D eigenvalue weighted by Crippen LogP contribution is -2.37. The summed E-state index contributed by atoms with van der Waals surface area (Å²) in [5.74, 6) is 1.83. The Labute approximate surface area is 174 Å². The molecule has 0 aliphatic carbocycles. The second kappa shape index (κ2) is 8.96. The van der Waals surface area contributed by atoms with Crippen molar-refractivity contribution in [2.45, 2.75) is 26.5 Å². The fourth-order valence-electron chi connectivity index (χ4n) is 2.73. The number of hydrogen-bond donors (Lipinski definition) is 0. The lowest BCUT2D eigenvalue weighted by atomic mass is 10.2. The molecule has 8 heteroatoms. The van der Waals surface area contributed by atoms with E-state index in [1.54, 1.807) is 39.3 Å². The Morgan fingerprint density at radius 2 is 2.03 bits per heavy atom. The van der Waals surface area contributed by atoms with Crippen molar-refractivity contribution < 1.29 is 18.8 Å². The fraction of sp³-hybridized carbons (Fsp3) is 0.286. The van der Waals surface area contributed by atoms with Gasteiger partial charge in [-0.05, 0) is 49.7 Å². The van der Waals surface area contributed by atoms with E-state index in [-0.39, 0.29) is 12.5 Å². The van der Waals surface area contributed by atoms with Crippen LogP contribution in [0, 0.1) is 6.92 Å². The SMILES string of the molecule is COc1cccc(-c2noc(CN(C)C(=O)[C@@H](C)Oc3ccc(Cl)c(C)c3)n2)c1. The highest BCUT2D eigenvalue weighted by Gasteiger charge is 2.22. The molecule has 29 heavy (non-hydrogen) atoms. The van der Waals surface area contributed by atoms with Crippen molar-refractivity contribution in [2.75, 3.05) is 14.2 Å². The van der Waals surface area contributed by atoms with E-state index >= 15 is 0 Å². The molecule has 0 aliphatic heterocycles. The highest BCUT2D eigenvalue weighted by molar-refractivity contribution is 6.31. The number of amides is 1. The number of methoxy groups -OCH3 is 1. The summed E-state index contributed by atoms with van der Waals surface area (Å²) in [6.07, 6.45) is -0.679. The van der Waals surface area contributed by atoms with Gasteiger partial charge in [-0.1, -0.05) is 28.9 Å². The van der Waals surface area contributed by atoms with Crippen LogP contribution in [0.5, 0.6) is 11.5 Å². The van der Waals surface area contributed by atoms with Crippen molar-refractivity contribution in [2.24, 2.45) is 0 Å². The van der Waals surface area contributed by atoms with Crippen molar-refractivity contribution >= 4 is 17.5 Å². The van der Waals surface area contributed by atoms with Gasteiger partial charge >= 0.3 is 0 Å². The maximum Gasteiger partial charge on any atom is 0.263 e. The minimum atomic E-state index is -0.679. The molecule has 0 bridgehead atoms. The average Bonchev–Trinajstić information content (AvgIpc) is 3.18. The smallest absolute Gasteiger partial charge is 0.263 e. The van der Waals surface area contributed by atoms with Crippen LogP contribution >= 0.6 is 11.6 Å². The Balaban J connectivity index is 1.63. The number of benzene rings is 2. The van der Waals surface area contributed by atoms with Gasteiger partial charge in [-0.25, -0.2) is 0 Å². The number of ether oxygens (including phenoxy) is 2. The van der Waals surface area contributed by atoms with Gasteiger partial charge in [0.2, 0.25) is 11.7 Å². The van der Waals surface area contributed by atoms with Crippen molar-refractivity contribution in [3.63, 3.8) is 0 Å². The first-order chi connectivity index (χ1) is 13.9. The van der Waals surface area contributed by atoms with Gasteiger partial charge in [0, 0.05) is 17.6 Å². The van der Waals surface area contributed by atoms with Crippen LogP contribution in [0.1, 0.15) is 18.4 Å². The Hall–Kier alpha value is -3.06. The second-order valence-corrected chi connectivity index (χ2v) is 7.02. The molecule has 1 amide bonds. The molecule has 1 heterocycles. The highest BCUT2D eigenvalue weighted by atomic mass is 35.5. The molecule has 152 valence electrons. The van der Waals surface area contributed by atoms with E-state index in [0.717, 1.165) is 11.1 Å². The minimum absolute atomic E-state index is 0.170. The van der Waals surface area contributed by atoms with E-state index < -0.39 is 6.10 Å². The van der Waals surface area contributed by atoms with Crippen LogP contribution in [0.4, 0.5) is 0 Å². The van der Waals surface area contributed by atoms with Crippen molar-refractivity contribution in [1.29, 1.82) is 0 Å². The van der Waals surface area contributed by atoms with Crippen LogP contribution in [-0.4, -0.2) is 41.2 Å². The predicted octanol–water partition coefficient (Wildman–Crippen LogP) is 4.13. The van der Waals surface area contributed by atoms with Crippen LogP contribution in [-0.2, 0) is 11.3 Å². The number of carbonyl (C=O) groups excluding carboxylic acids is 1. The molecular weight excluding hydrogens is 394 g/mol. The maximum absolute atomic E-state index is 12.6. The molecule has 7 nitrogen and oxygen atoms in total. The van der Waals surface area contributed by atoms with Gasteiger partial charge in [0.05, 0.1) is 13.7 Å². The minimum Gasteiger partial charge on any atom is -0.497 e. The molecule has 0 unspecified atom stereocenters. The quantitative estimate of drug-likeness (QED) is 0.577. The normalized spacial score (nSPS) is 11.8. The summed E-state index contributed by atoms with van der Waals surface area (Å²) in [5, 5.41) is 4.63. The number of aromatic nitrogens is 2. The number of hydrogen-bond acceptors (Lipinski definition) is 6. The predicted molar refractivity (Wildman–Crippen MR) is 109 cm³/mol. The molecule has 0 radical (unpaired) electrons. The summed E-state index contributed by atoms with van der Waals surface area (Å²) in [7, 11) is 3.25. The third-order valence-electron chi connectivity index (χ3n) is 4.33. The number of halogens is 1. The van der Waals surface area contributed by atoms with Crippen LogP contribution in [0.15, 0.2) is 47.0 Å². The van der Waals surface area contributed by atoms with Gasteiger partial charge in [-0.15, -0.1) is 0 Å². The van der Waals surface area contributed by atoms with Crippen LogP contribution in [0.2, 0.25) is 5.02 Å². The first-order valence-electron chi connectivity index (χ1n) is 9.02. The largest absolute Gasteiger partial charge is 0.497 e. The third-order valence-corrected chi connectivity index (χ3v) is 4.76. The van der Waals surface area contributed by atoms with Gasteiger partial charge in [0.15, 0.2) is 6.10 Å². The second-order valence-electron chi connectivity index (χ2n) is 6.61. The number of rotatable bonds is 7. The van der Waals surface area contributed by atoms with E-state index in [4.69, 9.17) is 25.6 Å². The number of likely N-dealkylation sites (N-methyl/N-ethyl adjacent to an activating group) is 1. The number of carbonyl (C=O) groups is 1. The van der Waals surface area contributed by atoms with Crippen LogP contribution in [0.3, 0.4) is 0 Å². The lowest BCUT2D eigenvalue weighted by Gasteiger charge is -2.21. The molecule has 0 spiro atoms. The highest BCUT2D eigenvalue weighted by Crippen LogP contribution is 2.23. The molecule has 0 aliphatic rings. The summed E-state index contributed by atoms with van der Waals surface area (Å²) in [5.41, 5.74) is 1.65. The zero-order valence-electron chi connectivity index (χ0n) is 16.7. The molecule has 0 saturated carbocycles. The van der Waals surface area contributed by atoms with Crippen molar-refractivity contribution in [3.05, 3.63) is 58.9 Å².